The van der Waals surface area contributed by atoms with Crippen molar-refractivity contribution in [2.24, 2.45) is 5.92 Å². The molecule has 0 bridgehead atoms. The van der Waals surface area contributed by atoms with E-state index in [9.17, 15) is 4.79 Å². The summed E-state index contributed by atoms with van der Waals surface area (Å²) in [6.45, 7) is 8.07. The van der Waals surface area contributed by atoms with Crippen molar-refractivity contribution in [1.29, 1.82) is 0 Å². The minimum atomic E-state index is 0.0927. The Hall–Kier alpha value is -1.58. The lowest BCUT2D eigenvalue weighted by Gasteiger charge is -2.21. The number of anilines is 1. The number of carbonyl (C=O) groups is 1. The van der Waals surface area contributed by atoms with Crippen LogP contribution < -0.4 is 5.73 Å². The molecule has 1 fully saturated rings. The monoisotopic (exact) mass is 275 g/mol. The molecule has 4 nitrogen and oxygen atoms in total. The van der Waals surface area contributed by atoms with Crippen molar-refractivity contribution in [3.63, 3.8) is 0 Å². The number of hydrogen-bond acceptors (Lipinski definition) is 3. The highest BCUT2D eigenvalue weighted by Gasteiger charge is 2.21. The Kier molecular flexibility index (Phi) is 4.63. The molecule has 1 amide bonds. The van der Waals surface area contributed by atoms with E-state index in [1.807, 2.05) is 11.0 Å². The summed E-state index contributed by atoms with van der Waals surface area (Å²) in [6, 6.07) is 3.58. The smallest absolute Gasteiger partial charge is 0.254 e. The molecule has 20 heavy (non-hydrogen) atoms. The first-order valence-corrected chi connectivity index (χ1v) is 7.54. The zero-order valence-corrected chi connectivity index (χ0v) is 12.7. The van der Waals surface area contributed by atoms with Gasteiger partial charge in [0.05, 0.1) is 0 Å². The number of hydrogen-bond donors (Lipinski definition) is 1. The number of pyridine rings is 1. The maximum Gasteiger partial charge on any atom is 0.254 e. The predicted octanol–water partition coefficient (Wildman–Crippen LogP) is 3.05. The molecule has 2 heterocycles. The van der Waals surface area contributed by atoms with Crippen molar-refractivity contribution >= 4 is 11.7 Å². The van der Waals surface area contributed by atoms with Gasteiger partial charge in [-0.25, -0.2) is 4.98 Å². The second-order valence-electron chi connectivity index (χ2n) is 6.19. The van der Waals surface area contributed by atoms with E-state index in [0.29, 0.717) is 17.3 Å². The zero-order valence-electron chi connectivity index (χ0n) is 12.7. The molecule has 1 aliphatic rings. The van der Waals surface area contributed by atoms with Gasteiger partial charge in [-0.1, -0.05) is 20.8 Å². The highest BCUT2D eigenvalue weighted by Crippen LogP contribution is 2.21. The fourth-order valence-corrected chi connectivity index (χ4v) is 2.64. The summed E-state index contributed by atoms with van der Waals surface area (Å²) in [7, 11) is 0. The summed E-state index contributed by atoms with van der Waals surface area (Å²) < 4.78 is 0. The first-order valence-electron chi connectivity index (χ1n) is 7.54. The second-order valence-corrected chi connectivity index (χ2v) is 6.19. The van der Waals surface area contributed by atoms with Gasteiger partial charge in [0.2, 0.25) is 0 Å². The number of carbonyl (C=O) groups excluding carboxylic acids is 1. The number of amides is 1. The number of aromatic nitrogens is 1. The van der Waals surface area contributed by atoms with Gasteiger partial charge in [0.1, 0.15) is 5.82 Å². The molecule has 1 atom stereocenters. The van der Waals surface area contributed by atoms with Crippen LogP contribution >= 0.6 is 0 Å². The average molecular weight is 275 g/mol. The van der Waals surface area contributed by atoms with Gasteiger partial charge in [-0.2, -0.15) is 0 Å². The lowest BCUT2D eigenvalue weighted by molar-refractivity contribution is 0.0760. The van der Waals surface area contributed by atoms with E-state index in [-0.39, 0.29) is 11.8 Å². The van der Waals surface area contributed by atoms with E-state index in [1.54, 1.807) is 6.07 Å². The predicted molar refractivity (Wildman–Crippen MR) is 81.7 cm³/mol. The maximum atomic E-state index is 12.6. The van der Waals surface area contributed by atoms with Crippen LogP contribution in [0.3, 0.4) is 0 Å². The van der Waals surface area contributed by atoms with E-state index >= 15 is 0 Å². The van der Waals surface area contributed by atoms with Crippen LogP contribution in [-0.2, 0) is 0 Å². The van der Waals surface area contributed by atoms with Crippen LogP contribution in [0.25, 0.3) is 0 Å². The first kappa shape index (κ1) is 14.8. The third kappa shape index (κ3) is 3.50. The zero-order chi connectivity index (χ0) is 14.7. The van der Waals surface area contributed by atoms with Crippen LogP contribution in [0.4, 0.5) is 5.82 Å². The summed E-state index contributed by atoms with van der Waals surface area (Å²) in [6.07, 6.45) is 3.38. The van der Waals surface area contributed by atoms with Crippen LogP contribution in [0.1, 0.15) is 62.0 Å². The molecule has 2 rings (SSSR count). The molecular formula is C16H25N3O. The van der Waals surface area contributed by atoms with E-state index in [1.165, 1.54) is 6.42 Å². The van der Waals surface area contributed by atoms with E-state index in [4.69, 9.17) is 5.73 Å². The molecule has 1 aromatic rings. The van der Waals surface area contributed by atoms with Crippen LogP contribution in [0.15, 0.2) is 12.1 Å². The molecule has 1 aliphatic heterocycles. The van der Waals surface area contributed by atoms with E-state index < -0.39 is 0 Å². The summed E-state index contributed by atoms with van der Waals surface area (Å²) in [4.78, 5) is 18.9. The fourth-order valence-electron chi connectivity index (χ4n) is 2.64. The Labute approximate surface area is 121 Å². The summed E-state index contributed by atoms with van der Waals surface area (Å²) in [5.41, 5.74) is 7.40. The fraction of sp³-hybridized carbons (Fsp3) is 0.625. The first-order chi connectivity index (χ1) is 9.47. The lowest BCUT2D eigenvalue weighted by Crippen LogP contribution is -2.32. The summed E-state index contributed by atoms with van der Waals surface area (Å²) in [5.74, 6) is 1.51. The molecule has 1 aromatic heterocycles. The van der Waals surface area contributed by atoms with Crippen molar-refractivity contribution in [3.05, 3.63) is 23.4 Å². The molecule has 1 unspecified atom stereocenters. The Morgan fingerprint density at radius 1 is 1.35 bits per heavy atom. The molecule has 0 saturated carbocycles. The molecule has 0 radical (unpaired) electrons. The van der Waals surface area contributed by atoms with Gasteiger partial charge in [-0.3, -0.25) is 4.79 Å². The number of nitrogens with two attached hydrogens (primary N) is 1. The quantitative estimate of drug-likeness (QED) is 0.902. The molecular weight excluding hydrogens is 250 g/mol. The van der Waals surface area contributed by atoms with Gasteiger partial charge in [-0.05, 0) is 43.2 Å². The lowest BCUT2D eigenvalue weighted by atomic mass is 10.0. The van der Waals surface area contributed by atoms with Gasteiger partial charge in [0.15, 0.2) is 0 Å². The standard InChI is InChI=1S/C16H25N3O/c1-11(2)14-9-13(10-15(17)18-14)16(20)19-7-4-5-12(3)6-8-19/h9-12H,4-8H2,1-3H3,(H2,17,18). The van der Waals surface area contributed by atoms with Crippen molar-refractivity contribution < 1.29 is 4.79 Å². The van der Waals surface area contributed by atoms with Crippen LogP contribution in [0.2, 0.25) is 0 Å². The molecule has 0 aliphatic carbocycles. The van der Waals surface area contributed by atoms with Gasteiger partial charge >= 0.3 is 0 Å². The minimum absolute atomic E-state index is 0.0927. The van der Waals surface area contributed by atoms with Crippen molar-refractivity contribution in [1.82, 2.24) is 9.88 Å². The van der Waals surface area contributed by atoms with E-state index in [2.05, 4.69) is 25.8 Å². The van der Waals surface area contributed by atoms with Crippen LogP contribution in [0.5, 0.6) is 0 Å². The van der Waals surface area contributed by atoms with Crippen molar-refractivity contribution in [2.75, 3.05) is 18.8 Å². The molecule has 0 aromatic carbocycles. The van der Waals surface area contributed by atoms with Crippen LogP contribution in [-0.4, -0.2) is 28.9 Å². The number of rotatable bonds is 2. The second kappa shape index (κ2) is 6.25. The highest BCUT2D eigenvalue weighted by molar-refractivity contribution is 5.95. The van der Waals surface area contributed by atoms with Crippen LogP contribution in [0, 0.1) is 5.92 Å². The topological polar surface area (TPSA) is 59.2 Å². The van der Waals surface area contributed by atoms with Gasteiger partial charge in [-0.15, -0.1) is 0 Å². The Morgan fingerprint density at radius 3 is 2.80 bits per heavy atom. The SMILES string of the molecule is CC1CCCN(C(=O)c2cc(N)nc(C(C)C)c2)CC1. The third-order valence-corrected chi connectivity index (χ3v) is 4.01. The van der Waals surface area contributed by atoms with Gasteiger partial charge in [0.25, 0.3) is 5.91 Å². The molecule has 1 saturated heterocycles. The summed E-state index contributed by atoms with van der Waals surface area (Å²) >= 11 is 0. The largest absolute Gasteiger partial charge is 0.384 e. The third-order valence-electron chi connectivity index (χ3n) is 4.01. The molecule has 0 spiro atoms. The molecule has 4 heteroatoms. The van der Waals surface area contributed by atoms with Gasteiger partial charge < -0.3 is 10.6 Å². The average Bonchev–Trinajstić information content (AvgIpc) is 2.62. The highest BCUT2D eigenvalue weighted by atomic mass is 16.2. The Morgan fingerprint density at radius 2 is 2.10 bits per heavy atom. The Bertz CT molecular complexity index is 485. The Balaban J connectivity index is 2.19. The number of nitrogens with zero attached hydrogens (tertiary/aromatic N) is 2. The maximum absolute atomic E-state index is 12.6. The number of likely N-dealkylation sites (tertiary alicyclic amines) is 1. The number of nitrogen functional groups attached to an aromatic ring is 1. The van der Waals surface area contributed by atoms with E-state index in [0.717, 1.165) is 31.6 Å². The minimum Gasteiger partial charge on any atom is -0.384 e. The van der Waals surface area contributed by atoms with Crippen molar-refractivity contribution in [3.8, 4) is 0 Å². The molecule has 110 valence electrons. The van der Waals surface area contributed by atoms with Gasteiger partial charge in [0, 0.05) is 24.3 Å². The van der Waals surface area contributed by atoms with Crippen molar-refractivity contribution in [2.45, 2.75) is 46.0 Å². The summed E-state index contributed by atoms with van der Waals surface area (Å²) in [5, 5.41) is 0. The normalized spacial score (nSPS) is 20.0. The molecule has 2 N–H and O–H groups in total.